The van der Waals surface area contributed by atoms with Crippen molar-refractivity contribution >= 4 is 38.6 Å². The molecule has 0 unspecified atom stereocenters. The van der Waals surface area contributed by atoms with Crippen molar-refractivity contribution in [1.29, 1.82) is 0 Å². The van der Waals surface area contributed by atoms with Crippen LogP contribution in [0.3, 0.4) is 0 Å². The minimum Gasteiger partial charge on any atom is -0.497 e. The Balaban J connectivity index is 1.63. The number of halogens is 1. The lowest BCUT2D eigenvalue weighted by Gasteiger charge is -2.07. The van der Waals surface area contributed by atoms with Crippen molar-refractivity contribution in [2.75, 3.05) is 19.1 Å². The third kappa shape index (κ3) is 5.30. The van der Waals surface area contributed by atoms with Crippen LogP contribution in [0.5, 0.6) is 11.5 Å². The van der Waals surface area contributed by atoms with Crippen molar-refractivity contribution < 1.29 is 9.47 Å². The van der Waals surface area contributed by atoms with E-state index in [1.165, 1.54) is 11.3 Å². The molecular weight excluding hydrogens is 426 g/mol. The molecule has 0 aliphatic heterocycles. The molecule has 0 saturated carbocycles. The topological polar surface area (TPSA) is 55.7 Å². The van der Waals surface area contributed by atoms with E-state index in [9.17, 15) is 0 Å². The number of benzene rings is 2. The fourth-order valence-electron chi connectivity index (χ4n) is 2.33. The van der Waals surface area contributed by atoms with Crippen LogP contribution in [-0.2, 0) is 0 Å². The van der Waals surface area contributed by atoms with Crippen LogP contribution in [0.15, 0.2) is 57.4 Å². The van der Waals surface area contributed by atoms with Gasteiger partial charge in [0.1, 0.15) is 11.5 Å². The molecule has 1 N–H and O–H groups in total. The van der Waals surface area contributed by atoms with Gasteiger partial charge in [0.15, 0.2) is 0 Å². The highest BCUT2D eigenvalue weighted by Crippen LogP contribution is 2.28. The minimum absolute atomic E-state index is 0.702. The maximum atomic E-state index is 5.65. The van der Waals surface area contributed by atoms with Gasteiger partial charge in [-0.05, 0) is 58.2 Å². The fraction of sp³-hybridized carbons (Fsp3) is 0.200. The van der Waals surface area contributed by atoms with Gasteiger partial charge in [-0.3, -0.25) is 5.43 Å². The second-order valence-electron chi connectivity index (χ2n) is 5.68. The largest absolute Gasteiger partial charge is 0.497 e. The summed E-state index contributed by atoms with van der Waals surface area (Å²) < 4.78 is 11.8. The second-order valence-corrected chi connectivity index (χ2v) is 7.39. The molecule has 0 aliphatic rings. The van der Waals surface area contributed by atoms with Crippen molar-refractivity contribution in [2.24, 2.45) is 5.10 Å². The van der Waals surface area contributed by atoms with E-state index in [0.717, 1.165) is 44.3 Å². The number of nitrogens with zero attached hydrogens (tertiary/aromatic N) is 2. The molecule has 0 spiro atoms. The summed E-state index contributed by atoms with van der Waals surface area (Å²) in [4.78, 5) is 4.56. The zero-order valence-corrected chi connectivity index (χ0v) is 17.5. The van der Waals surface area contributed by atoms with Gasteiger partial charge in [-0.25, -0.2) is 4.98 Å². The highest BCUT2D eigenvalue weighted by molar-refractivity contribution is 9.10. The zero-order chi connectivity index (χ0) is 19.1. The molecule has 3 aromatic rings. The first-order chi connectivity index (χ1) is 13.2. The van der Waals surface area contributed by atoms with Gasteiger partial charge in [0.25, 0.3) is 0 Å². The molecule has 0 amide bonds. The van der Waals surface area contributed by atoms with Crippen LogP contribution >= 0.6 is 27.3 Å². The highest BCUT2D eigenvalue weighted by atomic mass is 79.9. The van der Waals surface area contributed by atoms with Crippen LogP contribution in [0.2, 0.25) is 0 Å². The number of hydrogen-bond donors (Lipinski definition) is 1. The first kappa shape index (κ1) is 19.4. The summed E-state index contributed by atoms with van der Waals surface area (Å²) in [5, 5.41) is 6.99. The number of nitrogens with one attached hydrogen (secondary N) is 1. The number of thiazole rings is 1. The van der Waals surface area contributed by atoms with Crippen LogP contribution < -0.4 is 14.9 Å². The van der Waals surface area contributed by atoms with Crippen LogP contribution in [0.1, 0.15) is 18.9 Å². The molecular formula is C20H20BrN3O2S. The Morgan fingerprint density at radius 1 is 1.26 bits per heavy atom. The lowest BCUT2D eigenvalue weighted by atomic mass is 10.2. The summed E-state index contributed by atoms with van der Waals surface area (Å²) in [5.74, 6) is 1.65. The lowest BCUT2D eigenvalue weighted by Crippen LogP contribution is -1.96. The number of rotatable bonds is 8. The summed E-state index contributed by atoms with van der Waals surface area (Å²) in [6.07, 6.45) is 2.73. The molecule has 27 heavy (non-hydrogen) atoms. The number of hydrazone groups is 1. The summed E-state index contributed by atoms with van der Waals surface area (Å²) in [5.41, 5.74) is 5.83. The lowest BCUT2D eigenvalue weighted by molar-refractivity contribution is 0.315. The van der Waals surface area contributed by atoms with Gasteiger partial charge in [0.05, 0.1) is 30.1 Å². The number of aromatic nitrogens is 1. The van der Waals surface area contributed by atoms with Gasteiger partial charge in [-0.15, -0.1) is 11.3 Å². The second kappa shape index (κ2) is 9.53. The molecule has 7 heteroatoms. The maximum absolute atomic E-state index is 5.65. The first-order valence-electron chi connectivity index (χ1n) is 8.51. The normalized spacial score (nSPS) is 10.9. The molecule has 1 heterocycles. The zero-order valence-electron chi connectivity index (χ0n) is 15.1. The molecule has 5 nitrogen and oxygen atoms in total. The molecule has 140 valence electrons. The van der Waals surface area contributed by atoms with E-state index < -0.39 is 0 Å². The molecule has 0 atom stereocenters. The Hall–Kier alpha value is -2.38. The van der Waals surface area contributed by atoms with Gasteiger partial charge in [-0.2, -0.15) is 5.10 Å². The van der Waals surface area contributed by atoms with Crippen molar-refractivity contribution in [3.05, 3.63) is 57.9 Å². The summed E-state index contributed by atoms with van der Waals surface area (Å²) >= 11 is 5.03. The molecule has 0 saturated heterocycles. The van der Waals surface area contributed by atoms with Gasteiger partial charge in [0.2, 0.25) is 5.13 Å². The molecule has 0 bridgehead atoms. The van der Waals surface area contributed by atoms with Crippen LogP contribution in [0, 0.1) is 0 Å². The quantitative estimate of drug-likeness (QED) is 0.350. The van der Waals surface area contributed by atoms with Crippen LogP contribution in [-0.4, -0.2) is 24.9 Å². The molecule has 1 aromatic heterocycles. The van der Waals surface area contributed by atoms with Gasteiger partial charge < -0.3 is 9.47 Å². The number of hydrogen-bond acceptors (Lipinski definition) is 6. The van der Waals surface area contributed by atoms with Crippen molar-refractivity contribution in [1.82, 2.24) is 4.98 Å². The van der Waals surface area contributed by atoms with Crippen molar-refractivity contribution in [3.8, 4) is 22.8 Å². The molecule has 0 radical (unpaired) electrons. The van der Waals surface area contributed by atoms with Gasteiger partial charge in [-0.1, -0.05) is 19.1 Å². The molecule has 0 aliphatic carbocycles. The predicted molar refractivity (Wildman–Crippen MR) is 115 cm³/mol. The first-order valence-corrected chi connectivity index (χ1v) is 10.2. The maximum Gasteiger partial charge on any atom is 0.203 e. The Morgan fingerprint density at radius 2 is 2.15 bits per heavy atom. The molecule has 0 fully saturated rings. The third-order valence-corrected chi connectivity index (χ3v) is 5.03. The minimum atomic E-state index is 0.702. The van der Waals surface area contributed by atoms with Crippen molar-refractivity contribution in [2.45, 2.75) is 13.3 Å². The monoisotopic (exact) mass is 445 g/mol. The summed E-state index contributed by atoms with van der Waals surface area (Å²) in [6.45, 7) is 2.78. The Morgan fingerprint density at radius 3 is 2.93 bits per heavy atom. The average molecular weight is 446 g/mol. The Bertz CT molecular complexity index is 927. The Kier molecular flexibility index (Phi) is 6.84. The highest BCUT2D eigenvalue weighted by Gasteiger charge is 2.05. The summed E-state index contributed by atoms with van der Waals surface area (Å²) in [7, 11) is 1.66. The van der Waals surface area contributed by atoms with E-state index in [-0.39, 0.29) is 0 Å². The summed E-state index contributed by atoms with van der Waals surface area (Å²) in [6, 6.07) is 13.7. The van der Waals surface area contributed by atoms with E-state index in [0.29, 0.717) is 6.61 Å². The standard InChI is InChI=1S/C20H20BrN3O2S/c1-3-9-26-19-8-7-14(10-17(19)21)12-22-24-20-23-18(13-27-20)15-5-4-6-16(11-15)25-2/h4-8,10-13H,3,9H2,1-2H3,(H,23,24)/b22-12-. The predicted octanol–water partition coefficient (Wildman–Crippen LogP) is 5.82. The van der Waals surface area contributed by atoms with Crippen LogP contribution in [0.4, 0.5) is 5.13 Å². The van der Waals surface area contributed by atoms with Gasteiger partial charge in [0, 0.05) is 10.9 Å². The number of anilines is 1. The van der Waals surface area contributed by atoms with E-state index >= 15 is 0 Å². The van der Waals surface area contributed by atoms with Gasteiger partial charge >= 0.3 is 0 Å². The van der Waals surface area contributed by atoms with E-state index in [1.807, 2.05) is 47.8 Å². The van der Waals surface area contributed by atoms with E-state index in [1.54, 1.807) is 13.3 Å². The van der Waals surface area contributed by atoms with Crippen LogP contribution in [0.25, 0.3) is 11.3 Å². The molecule has 3 rings (SSSR count). The third-order valence-electron chi connectivity index (χ3n) is 3.66. The Labute approximate surface area is 171 Å². The smallest absolute Gasteiger partial charge is 0.203 e. The average Bonchev–Trinajstić information content (AvgIpc) is 3.16. The molecule has 2 aromatic carbocycles. The number of methoxy groups -OCH3 is 1. The number of ether oxygens (including phenoxy) is 2. The SMILES string of the molecule is CCCOc1ccc(/C=N\Nc2nc(-c3cccc(OC)c3)cs2)cc1Br. The van der Waals surface area contributed by atoms with E-state index in [4.69, 9.17) is 9.47 Å². The fourth-order valence-corrected chi connectivity index (χ4v) is 3.51. The van der Waals surface area contributed by atoms with E-state index in [2.05, 4.69) is 38.4 Å². The van der Waals surface area contributed by atoms with Crippen molar-refractivity contribution in [3.63, 3.8) is 0 Å².